The Morgan fingerprint density at radius 1 is 0.271 bits per heavy atom. The summed E-state index contributed by atoms with van der Waals surface area (Å²) >= 11 is 0. The minimum Gasteiger partial charge on any atom is -0.309 e. The van der Waals surface area contributed by atoms with Crippen LogP contribution in [0.2, 0.25) is 0 Å². The zero-order valence-corrected chi connectivity index (χ0v) is 32.1. The van der Waals surface area contributed by atoms with Gasteiger partial charge < -0.3 is 4.57 Å². The highest BCUT2D eigenvalue weighted by atomic mass is 15.0. The summed E-state index contributed by atoms with van der Waals surface area (Å²) in [5, 5.41) is 4.88. The molecule has 0 spiro atoms. The van der Waals surface area contributed by atoms with Crippen molar-refractivity contribution in [2.24, 2.45) is 0 Å². The van der Waals surface area contributed by atoms with Crippen LogP contribution in [0.5, 0.6) is 0 Å². The Morgan fingerprint density at radius 3 is 1.49 bits per heavy atom. The van der Waals surface area contributed by atoms with Gasteiger partial charge in [-0.15, -0.1) is 0 Å². The summed E-state index contributed by atoms with van der Waals surface area (Å²) in [7, 11) is 0. The summed E-state index contributed by atoms with van der Waals surface area (Å²) in [4.78, 5) is 15.6. The number of hydrogen-bond acceptors (Lipinski definition) is 3. The number of aromatic nitrogens is 4. The van der Waals surface area contributed by atoms with E-state index in [1.54, 1.807) is 0 Å². The molecule has 2 heterocycles. The monoisotopic (exact) mass is 752 g/mol. The Morgan fingerprint density at radius 2 is 0.780 bits per heavy atom. The molecule has 0 fully saturated rings. The zero-order valence-electron chi connectivity index (χ0n) is 32.1. The summed E-state index contributed by atoms with van der Waals surface area (Å²) < 4.78 is 2.40. The maximum absolute atomic E-state index is 5.27. The highest BCUT2D eigenvalue weighted by molar-refractivity contribution is 6.13. The van der Waals surface area contributed by atoms with Crippen LogP contribution in [-0.2, 0) is 0 Å². The van der Waals surface area contributed by atoms with Gasteiger partial charge in [0.2, 0.25) is 0 Å². The van der Waals surface area contributed by atoms with E-state index in [1.165, 1.54) is 27.1 Å². The molecule has 0 saturated heterocycles. The van der Waals surface area contributed by atoms with E-state index in [0.29, 0.717) is 17.5 Å². The first-order chi connectivity index (χ1) is 29.2. The lowest BCUT2D eigenvalue weighted by Crippen LogP contribution is -2.02. The van der Waals surface area contributed by atoms with Crippen molar-refractivity contribution in [2.45, 2.75) is 0 Å². The Kier molecular flexibility index (Phi) is 8.45. The van der Waals surface area contributed by atoms with Crippen LogP contribution in [0.4, 0.5) is 0 Å². The minimum atomic E-state index is 0.612. The molecule has 276 valence electrons. The van der Waals surface area contributed by atoms with Crippen molar-refractivity contribution in [1.82, 2.24) is 19.5 Å². The molecule has 0 aliphatic rings. The smallest absolute Gasteiger partial charge is 0.164 e. The van der Waals surface area contributed by atoms with E-state index in [1.807, 2.05) is 24.3 Å². The minimum absolute atomic E-state index is 0.612. The first-order valence-electron chi connectivity index (χ1n) is 19.9. The fraction of sp³-hybridized carbons (Fsp3) is 0. The lowest BCUT2D eigenvalue weighted by molar-refractivity contribution is 1.07. The SMILES string of the molecule is c1ccc(-c2ccc(-c3nc(-c4ccccc4)nc(-c4ccc(-n5c6ccccc6c6cc7ccccc7cc65)cc4-c4cccc(-c5ccccc5)c4)n3)cc2)cc1. The number of rotatable bonds is 7. The van der Waals surface area contributed by atoms with Crippen molar-refractivity contribution < 1.29 is 0 Å². The molecule has 0 amide bonds. The predicted octanol–water partition coefficient (Wildman–Crippen LogP) is 14.1. The molecule has 0 bridgehead atoms. The van der Waals surface area contributed by atoms with Crippen molar-refractivity contribution in [3.05, 3.63) is 218 Å². The lowest BCUT2D eigenvalue weighted by Gasteiger charge is -2.16. The van der Waals surface area contributed by atoms with E-state index in [9.17, 15) is 0 Å². The van der Waals surface area contributed by atoms with Gasteiger partial charge in [0.05, 0.1) is 11.0 Å². The summed E-state index contributed by atoms with van der Waals surface area (Å²) in [6, 6.07) is 77.1. The molecule has 0 saturated carbocycles. The second kappa shape index (κ2) is 14.5. The fourth-order valence-corrected chi connectivity index (χ4v) is 8.32. The van der Waals surface area contributed by atoms with E-state index in [0.717, 1.165) is 61.2 Å². The molecule has 11 rings (SSSR count). The van der Waals surface area contributed by atoms with E-state index in [-0.39, 0.29) is 0 Å². The summed E-state index contributed by atoms with van der Waals surface area (Å²) in [5.74, 6) is 1.86. The number of nitrogens with zero attached hydrogens (tertiary/aromatic N) is 4. The van der Waals surface area contributed by atoms with Gasteiger partial charge in [-0.2, -0.15) is 0 Å². The molecule has 9 aromatic carbocycles. The second-order valence-corrected chi connectivity index (χ2v) is 14.9. The Hall–Kier alpha value is -7.95. The standard InChI is InChI=1S/C55H36N4/c1-4-15-37(16-5-1)39-27-29-41(30-28-39)54-56-53(40-19-8-3-9-20-40)57-55(58-54)48-32-31-46(36-49(48)45-24-14-23-42(33-45)38-17-6-2-7-18-38)59-51-26-13-12-25-47(51)50-34-43-21-10-11-22-44(43)35-52(50)59/h1-36H. The second-order valence-electron chi connectivity index (χ2n) is 14.9. The average Bonchev–Trinajstić information content (AvgIpc) is 3.64. The van der Waals surface area contributed by atoms with Crippen LogP contribution in [-0.4, -0.2) is 19.5 Å². The molecule has 4 nitrogen and oxygen atoms in total. The van der Waals surface area contributed by atoms with E-state index in [4.69, 9.17) is 15.0 Å². The number of hydrogen-bond donors (Lipinski definition) is 0. The largest absolute Gasteiger partial charge is 0.309 e. The molecular weight excluding hydrogens is 717 g/mol. The maximum atomic E-state index is 5.27. The van der Waals surface area contributed by atoms with Gasteiger partial charge in [0, 0.05) is 33.2 Å². The van der Waals surface area contributed by atoms with Crippen LogP contribution in [0, 0.1) is 0 Å². The molecule has 11 aromatic rings. The third-order valence-corrected chi connectivity index (χ3v) is 11.2. The third-order valence-electron chi connectivity index (χ3n) is 11.2. The first-order valence-corrected chi connectivity index (χ1v) is 19.9. The highest BCUT2D eigenvalue weighted by Crippen LogP contribution is 2.40. The van der Waals surface area contributed by atoms with Gasteiger partial charge in [0.15, 0.2) is 17.5 Å². The van der Waals surface area contributed by atoms with Crippen molar-refractivity contribution in [2.75, 3.05) is 0 Å². The van der Waals surface area contributed by atoms with Crippen LogP contribution in [0.3, 0.4) is 0 Å². The molecule has 0 aliphatic carbocycles. The molecule has 0 unspecified atom stereocenters. The topological polar surface area (TPSA) is 43.6 Å². The Balaban J connectivity index is 1.14. The highest BCUT2D eigenvalue weighted by Gasteiger charge is 2.20. The van der Waals surface area contributed by atoms with Crippen LogP contribution in [0.1, 0.15) is 0 Å². The normalized spacial score (nSPS) is 11.4. The molecule has 2 aromatic heterocycles. The third kappa shape index (κ3) is 6.34. The average molecular weight is 753 g/mol. The molecule has 0 radical (unpaired) electrons. The number of benzene rings is 9. The van der Waals surface area contributed by atoms with Crippen LogP contribution in [0.25, 0.3) is 106 Å². The predicted molar refractivity (Wildman–Crippen MR) is 244 cm³/mol. The van der Waals surface area contributed by atoms with E-state index in [2.05, 4.69) is 199 Å². The van der Waals surface area contributed by atoms with Gasteiger partial charge in [0.25, 0.3) is 0 Å². The number of para-hydroxylation sites is 1. The van der Waals surface area contributed by atoms with Gasteiger partial charge in [-0.1, -0.05) is 176 Å². The fourth-order valence-electron chi connectivity index (χ4n) is 8.32. The molecule has 0 aliphatic heterocycles. The van der Waals surface area contributed by atoms with Crippen LogP contribution >= 0.6 is 0 Å². The lowest BCUT2D eigenvalue weighted by atomic mass is 9.94. The molecule has 0 N–H and O–H groups in total. The molecule has 59 heavy (non-hydrogen) atoms. The van der Waals surface area contributed by atoms with Gasteiger partial charge in [-0.25, -0.2) is 15.0 Å². The van der Waals surface area contributed by atoms with Crippen molar-refractivity contribution in [3.8, 4) is 73.2 Å². The molecule has 0 atom stereocenters. The quantitative estimate of drug-likeness (QED) is 0.163. The zero-order chi connectivity index (χ0) is 39.1. The molecule has 4 heteroatoms. The van der Waals surface area contributed by atoms with E-state index < -0.39 is 0 Å². The van der Waals surface area contributed by atoms with Gasteiger partial charge in [0.1, 0.15) is 0 Å². The molecular formula is C55H36N4. The van der Waals surface area contributed by atoms with Crippen LogP contribution < -0.4 is 0 Å². The van der Waals surface area contributed by atoms with Gasteiger partial charge >= 0.3 is 0 Å². The van der Waals surface area contributed by atoms with Crippen molar-refractivity contribution >= 4 is 32.6 Å². The summed E-state index contributed by atoms with van der Waals surface area (Å²) in [6.45, 7) is 0. The maximum Gasteiger partial charge on any atom is 0.164 e. The van der Waals surface area contributed by atoms with E-state index >= 15 is 0 Å². The Labute approximate surface area is 342 Å². The van der Waals surface area contributed by atoms with Gasteiger partial charge in [-0.05, 0) is 86.6 Å². The number of fused-ring (bicyclic) bond motifs is 4. The first kappa shape index (κ1) is 34.3. The van der Waals surface area contributed by atoms with Gasteiger partial charge in [-0.3, -0.25) is 0 Å². The summed E-state index contributed by atoms with van der Waals surface area (Å²) in [6.07, 6.45) is 0. The van der Waals surface area contributed by atoms with Crippen LogP contribution in [0.15, 0.2) is 218 Å². The van der Waals surface area contributed by atoms with Crippen molar-refractivity contribution in [1.29, 1.82) is 0 Å². The Bertz CT molecular complexity index is 3300. The van der Waals surface area contributed by atoms with Crippen molar-refractivity contribution in [3.63, 3.8) is 0 Å². The summed E-state index contributed by atoms with van der Waals surface area (Å²) in [5.41, 5.74) is 12.9.